The minimum atomic E-state index is -0.533. The third kappa shape index (κ3) is 5.51. The molecule has 23 heavy (non-hydrogen) atoms. The van der Waals surface area contributed by atoms with Crippen LogP contribution >= 0.6 is 24.0 Å². The molecule has 5 heteroatoms. The zero-order valence-corrected chi connectivity index (χ0v) is 16.1. The van der Waals surface area contributed by atoms with Crippen LogP contribution in [0.25, 0.3) is 0 Å². The second-order valence-corrected chi connectivity index (χ2v) is 6.62. The largest absolute Gasteiger partial charge is 0.460 e. The Kier molecular flexibility index (Phi) is 8.66. The Morgan fingerprint density at radius 3 is 2.61 bits per heavy atom. The molecule has 0 radical (unpaired) electrons. The monoisotopic (exact) mass is 361 g/mol. The Hall–Kier alpha value is -0.510. The first-order valence-electron chi connectivity index (χ1n) is 8.46. The molecule has 0 aromatic carbocycles. The fourth-order valence-corrected chi connectivity index (χ4v) is 3.13. The standard InChI is InChI=1S/C18H28ClNO2.ClH/c1-4-5-6-7-8-9-10-18(3)21-13-16-15(11-19)12-20-14(2)17(16)22-18;/h12H,4-11,13H2,1-3H3;1H. The van der Waals surface area contributed by atoms with E-state index in [-0.39, 0.29) is 12.4 Å². The second kappa shape index (κ2) is 9.71. The number of nitrogens with zero attached hydrogens (tertiary/aromatic N) is 1. The van der Waals surface area contributed by atoms with Gasteiger partial charge in [-0.15, -0.1) is 24.0 Å². The van der Waals surface area contributed by atoms with Crippen molar-refractivity contribution in [3.05, 3.63) is 23.0 Å². The van der Waals surface area contributed by atoms with Crippen LogP contribution in [-0.4, -0.2) is 10.8 Å². The molecule has 132 valence electrons. The molecular formula is C18H29Cl2NO2. The number of alkyl halides is 1. The minimum absolute atomic E-state index is 0. The molecule has 1 aliphatic rings. The van der Waals surface area contributed by atoms with Crippen LogP contribution in [0.1, 0.15) is 75.6 Å². The number of hydrogen-bond acceptors (Lipinski definition) is 3. The van der Waals surface area contributed by atoms with E-state index < -0.39 is 5.79 Å². The van der Waals surface area contributed by atoms with Crippen LogP contribution in [-0.2, 0) is 17.2 Å². The number of pyridine rings is 1. The molecular weight excluding hydrogens is 333 g/mol. The van der Waals surface area contributed by atoms with Crippen LogP contribution in [0.5, 0.6) is 5.75 Å². The fourth-order valence-electron chi connectivity index (χ4n) is 2.90. The molecule has 0 aliphatic carbocycles. The van der Waals surface area contributed by atoms with Crippen LogP contribution < -0.4 is 4.74 Å². The quantitative estimate of drug-likeness (QED) is 0.424. The van der Waals surface area contributed by atoms with Crippen LogP contribution in [0.4, 0.5) is 0 Å². The van der Waals surface area contributed by atoms with E-state index in [0.717, 1.165) is 35.4 Å². The summed E-state index contributed by atoms with van der Waals surface area (Å²) in [5.74, 6) is 0.781. The average Bonchev–Trinajstić information content (AvgIpc) is 2.52. The van der Waals surface area contributed by atoms with Gasteiger partial charge in [-0.25, -0.2) is 0 Å². The molecule has 0 saturated carbocycles. The third-order valence-corrected chi connectivity index (χ3v) is 4.66. The van der Waals surface area contributed by atoms with Gasteiger partial charge in [-0.1, -0.05) is 39.0 Å². The number of halogens is 2. The summed E-state index contributed by atoms with van der Waals surface area (Å²) in [6, 6.07) is 0. The molecule has 2 rings (SSSR count). The fraction of sp³-hybridized carbons (Fsp3) is 0.722. The number of aromatic nitrogens is 1. The molecule has 0 spiro atoms. The van der Waals surface area contributed by atoms with E-state index in [1.54, 1.807) is 0 Å². The first kappa shape index (κ1) is 20.5. The molecule has 1 aliphatic heterocycles. The second-order valence-electron chi connectivity index (χ2n) is 6.35. The van der Waals surface area contributed by atoms with Gasteiger partial charge in [0.25, 0.3) is 0 Å². The Morgan fingerprint density at radius 2 is 1.91 bits per heavy atom. The van der Waals surface area contributed by atoms with Crippen molar-refractivity contribution < 1.29 is 9.47 Å². The van der Waals surface area contributed by atoms with Crippen molar-refractivity contribution in [1.82, 2.24) is 4.98 Å². The number of aryl methyl sites for hydroxylation is 1. The maximum Gasteiger partial charge on any atom is 0.208 e. The number of hydrogen-bond donors (Lipinski definition) is 0. The molecule has 0 fully saturated rings. The topological polar surface area (TPSA) is 31.4 Å². The summed E-state index contributed by atoms with van der Waals surface area (Å²) >= 11 is 5.98. The van der Waals surface area contributed by atoms with E-state index in [4.69, 9.17) is 21.1 Å². The van der Waals surface area contributed by atoms with Gasteiger partial charge >= 0.3 is 0 Å². The smallest absolute Gasteiger partial charge is 0.208 e. The molecule has 0 bridgehead atoms. The van der Waals surface area contributed by atoms with Gasteiger partial charge in [0.05, 0.1) is 12.3 Å². The molecule has 0 amide bonds. The van der Waals surface area contributed by atoms with Gasteiger partial charge in [-0.3, -0.25) is 4.98 Å². The molecule has 1 unspecified atom stereocenters. The zero-order valence-electron chi connectivity index (χ0n) is 14.5. The van der Waals surface area contributed by atoms with E-state index >= 15 is 0 Å². The van der Waals surface area contributed by atoms with E-state index in [1.807, 2.05) is 20.0 Å². The summed E-state index contributed by atoms with van der Waals surface area (Å²) in [6.45, 7) is 6.82. The average molecular weight is 362 g/mol. The lowest BCUT2D eigenvalue weighted by Gasteiger charge is -2.37. The number of rotatable bonds is 8. The first-order valence-corrected chi connectivity index (χ1v) is 8.99. The summed E-state index contributed by atoms with van der Waals surface area (Å²) in [5.41, 5.74) is 2.98. The minimum Gasteiger partial charge on any atom is -0.460 e. The first-order chi connectivity index (χ1) is 10.6. The number of ether oxygens (including phenoxy) is 2. The van der Waals surface area contributed by atoms with Crippen molar-refractivity contribution in [2.45, 2.75) is 84.0 Å². The SMILES string of the molecule is CCCCCCCCC1(C)OCc2c(CCl)cnc(C)c2O1.Cl. The summed E-state index contributed by atoms with van der Waals surface area (Å²) < 4.78 is 12.2. The number of fused-ring (bicyclic) bond motifs is 1. The zero-order chi connectivity index (χ0) is 16.0. The Morgan fingerprint density at radius 1 is 1.22 bits per heavy atom. The van der Waals surface area contributed by atoms with E-state index in [2.05, 4.69) is 11.9 Å². The highest BCUT2D eigenvalue weighted by Gasteiger charge is 2.34. The maximum absolute atomic E-state index is 6.18. The lowest BCUT2D eigenvalue weighted by molar-refractivity contribution is -0.198. The van der Waals surface area contributed by atoms with E-state index in [0.29, 0.717) is 12.5 Å². The van der Waals surface area contributed by atoms with Crippen molar-refractivity contribution in [3.8, 4) is 5.75 Å². The summed E-state index contributed by atoms with van der Waals surface area (Å²) in [4.78, 5) is 4.39. The third-order valence-electron chi connectivity index (χ3n) is 4.37. The van der Waals surface area contributed by atoms with Crippen molar-refractivity contribution in [2.24, 2.45) is 0 Å². The van der Waals surface area contributed by atoms with Crippen LogP contribution in [0.2, 0.25) is 0 Å². The van der Waals surface area contributed by atoms with E-state index in [1.165, 1.54) is 32.1 Å². The van der Waals surface area contributed by atoms with Crippen LogP contribution in [0.15, 0.2) is 6.20 Å². The number of unbranched alkanes of at least 4 members (excludes halogenated alkanes) is 5. The van der Waals surface area contributed by atoms with Gasteiger partial charge in [0.1, 0.15) is 5.75 Å². The predicted octanol–water partition coefficient (Wildman–Crippen LogP) is 5.93. The summed E-state index contributed by atoms with van der Waals surface area (Å²) in [6.07, 6.45) is 10.4. The molecule has 1 aromatic rings. The van der Waals surface area contributed by atoms with Gasteiger partial charge in [0.15, 0.2) is 0 Å². The normalized spacial score (nSPS) is 19.7. The van der Waals surface area contributed by atoms with Crippen LogP contribution in [0.3, 0.4) is 0 Å². The van der Waals surface area contributed by atoms with Crippen molar-refractivity contribution in [2.75, 3.05) is 0 Å². The maximum atomic E-state index is 6.18. The summed E-state index contributed by atoms with van der Waals surface area (Å²) in [7, 11) is 0. The van der Waals surface area contributed by atoms with Crippen molar-refractivity contribution in [1.29, 1.82) is 0 Å². The molecule has 0 saturated heterocycles. The lowest BCUT2D eigenvalue weighted by atomic mass is 10.0. The van der Waals surface area contributed by atoms with Gasteiger partial charge in [0.2, 0.25) is 5.79 Å². The van der Waals surface area contributed by atoms with Gasteiger partial charge < -0.3 is 9.47 Å². The van der Waals surface area contributed by atoms with Crippen molar-refractivity contribution >= 4 is 24.0 Å². The molecule has 3 nitrogen and oxygen atoms in total. The Bertz CT molecular complexity index is 496. The van der Waals surface area contributed by atoms with Gasteiger partial charge in [0, 0.05) is 31.0 Å². The van der Waals surface area contributed by atoms with Crippen molar-refractivity contribution in [3.63, 3.8) is 0 Å². The highest BCUT2D eigenvalue weighted by atomic mass is 35.5. The van der Waals surface area contributed by atoms with Gasteiger partial charge in [-0.2, -0.15) is 0 Å². The Balaban J connectivity index is 0.00000264. The molecule has 0 N–H and O–H groups in total. The lowest BCUT2D eigenvalue weighted by Crippen LogP contribution is -2.39. The van der Waals surface area contributed by atoms with Gasteiger partial charge in [-0.05, 0) is 18.9 Å². The summed E-state index contributed by atoms with van der Waals surface area (Å²) in [5, 5.41) is 0. The van der Waals surface area contributed by atoms with E-state index in [9.17, 15) is 0 Å². The highest BCUT2D eigenvalue weighted by molar-refractivity contribution is 6.17. The molecule has 1 atom stereocenters. The molecule has 2 heterocycles. The highest BCUT2D eigenvalue weighted by Crippen LogP contribution is 2.37. The molecule has 1 aromatic heterocycles. The van der Waals surface area contributed by atoms with Crippen LogP contribution in [0, 0.1) is 6.92 Å². The Labute approximate surface area is 151 Å². The predicted molar refractivity (Wildman–Crippen MR) is 97.6 cm³/mol.